The van der Waals surface area contributed by atoms with Gasteiger partial charge in [-0.1, -0.05) is 12.7 Å². The first-order chi connectivity index (χ1) is 11.5. The van der Waals surface area contributed by atoms with E-state index in [0.717, 1.165) is 0 Å². The highest BCUT2D eigenvalue weighted by molar-refractivity contribution is 9.10. The number of ether oxygens (including phenoxy) is 2. The molecule has 0 heterocycles. The van der Waals surface area contributed by atoms with Crippen molar-refractivity contribution < 1.29 is 35.4 Å². The van der Waals surface area contributed by atoms with Crippen molar-refractivity contribution in [3.8, 4) is 11.5 Å². The van der Waals surface area contributed by atoms with Crippen LogP contribution in [0.15, 0.2) is 23.2 Å². The summed E-state index contributed by atoms with van der Waals surface area (Å²) in [5, 5.41) is 0. The predicted molar refractivity (Wildman–Crippen MR) is 97.3 cm³/mol. The van der Waals surface area contributed by atoms with Crippen LogP contribution in [0.25, 0.3) is 6.08 Å². The molecule has 0 aliphatic heterocycles. The summed E-state index contributed by atoms with van der Waals surface area (Å²) in [5.74, 6) is 0.0958. The standard InChI is InChI=1S/C14H19BrO8S2/c1-2-11-9-14(23-6-4-8-25(19,20)21)12(15)10-13(11)22-5-3-7-24(16,17)18/h2,9-10H,1,3-8H2,(H,16,17,18)(H,19,20,21). The summed E-state index contributed by atoms with van der Waals surface area (Å²) in [6, 6.07) is 3.24. The molecule has 0 unspecified atom stereocenters. The lowest BCUT2D eigenvalue weighted by Crippen LogP contribution is -2.09. The summed E-state index contributed by atoms with van der Waals surface area (Å²) in [4.78, 5) is 0. The van der Waals surface area contributed by atoms with E-state index in [4.69, 9.17) is 18.6 Å². The third-order valence-corrected chi connectivity index (χ3v) is 5.12. The minimum Gasteiger partial charge on any atom is -0.493 e. The molecule has 0 amide bonds. The molecule has 0 saturated heterocycles. The first-order valence-electron chi connectivity index (χ1n) is 7.14. The second-order valence-electron chi connectivity index (χ2n) is 5.00. The molecule has 1 aromatic carbocycles. The number of rotatable bonds is 11. The Morgan fingerprint density at radius 3 is 1.88 bits per heavy atom. The summed E-state index contributed by atoms with van der Waals surface area (Å²) < 4.78 is 71.5. The molecule has 0 fully saturated rings. The van der Waals surface area contributed by atoms with Crippen LogP contribution in [0.2, 0.25) is 0 Å². The molecule has 0 radical (unpaired) electrons. The van der Waals surface area contributed by atoms with E-state index in [2.05, 4.69) is 22.5 Å². The van der Waals surface area contributed by atoms with Crippen molar-refractivity contribution in [2.45, 2.75) is 12.8 Å². The molecule has 2 N–H and O–H groups in total. The Balaban J connectivity index is 2.67. The number of halogens is 1. The Bertz CT molecular complexity index is 802. The summed E-state index contributed by atoms with van der Waals surface area (Å²) in [6.45, 7) is 3.83. The van der Waals surface area contributed by atoms with E-state index in [-0.39, 0.29) is 26.1 Å². The van der Waals surface area contributed by atoms with E-state index < -0.39 is 31.7 Å². The van der Waals surface area contributed by atoms with E-state index in [1.807, 2.05) is 0 Å². The van der Waals surface area contributed by atoms with Crippen molar-refractivity contribution in [1.29, 1.82) is 0 Å². The van der Waals surface area contributed by atoms with Crippen LogP contribution >= 0.6 is 15.9 Å². The molecule has 0 aliphatic rings. The van der Waals surface area contributed by atoms with E-state index in [9.17, 15) is 16.8 Å². The lowest BCUT2D eigenvalue weighted by Gasteiger charge is -2.13. The fourth-order valence-electron chi connectivity index (χ4n) is 1.79. The Morgan fingerprint density at radius 1 is 0.960 bits per heavy atom. The molecule has 1 rings (SSSR count). The van der Waals surface area contributed by atoms with Gasteiger partial charge >= 0.3 is 0 Å². The SMILES string of the molecule is C=Cc1cc(OCCCS(=O)(=O)O)c(Br)cc1OCCCS(=O)(=O)O. The number of hydrogen-bond acceptors (Lipinski definition) is 6. The Hall–Kier alpha value is -1.14. The maximum atomic E-state index is 10.7. The first kappa shape index (κ1) is 21.9. The fraction of sp³-hybridized carbons (Fsp3) is 0.429. The molecule has 0 aromatic heterocycles. The summed E-state index contributed by atoms with van der Waals surface area (Å²) in [7, 11) is -8.04. The molecule has 0 aliphatic carbocycles. The topological polar surface area (TPSA) is 127 Å². The lowest BCUT2D eigenvalue weighted by molar-refractivity contribution is 0.305. The molecule has 11 heteroatoms. The van der Waals surface area contributed by atoms with Gasteiger partial charge in [-0.25, -0.2) is 0 Å². The molecule has 0 bridgehead atoms. The maximum absolute atomic E-state index is 10.7. The van der Waals surface area contributed by atoms with Crippen molar-refractivity contribution in [3.63, 3.8) is 0 Å². The zero-order valence-corrected chi connectivity index (χ0v) is 16.4. The quantitative estimate of drug-likeness (QED) is 0.382. The van der Waals surface area contributed by atoms with Crippen LogP contribution < -0.4 is 9.47 Å². The second kappa shape index (κ2) is 9.53. The van der Waals surface area contributed by atoms with Gasteiger partial charge in [0.1, 0.15) is 11.5 Å². The molecule has 25 heavy (non-hydrogen) atoms. The van der Waals surface area contributed by atoms with Gasteiger partial charge in [-0.15, -0.1) is 0 Å². The Labute approximate surface area is 155 Å². The van der Waals surface area contributed by atoms with Crippen molar-refractivity contribution in [3.05, 3.63) is 28.7 Å². The molecule has 142 valence electrons. The average Bonchev–Trinajstić information content (AvgIpc) is 2.47. The minimum atomic E-state index is -4.02. The number of hydrogen-bond donors (Lipinski definition) is 2. The minimum absolute atomic E-state index is 0.0850. The smallest absolute Gasteiger partial charge is 0.264 e. The van der Waals surface area contributed by atoms with Crippen LogP contribution in [-0.4, -0.2) is 50.7 Å². The first-order valence-corrected chi connectivity index (χ1v) is 11.1. The van der Waals surface area contributed by atoms with Crippen LogP contribution in [0.3, 0.4) is 0 Å². The van der Waals surface area contributed by atoms with Crippen molar-refractivity contribution in [1.82, 2.24) is 0 Å². The fourth-order valence-corrected chi connectivity index (χ4v) is 3.20. The predicted octanol–water partition coefficient (Wildman–Crippen LogP) is 2.41. The van der Waals surface area contributed by atoms with Crippen LogP contribution in [0.1, 0.15) is 18.4 Å². The van der Waals surface area contributed by atoms with Crippen LogP contribution in [0, 0.1) is 0 Å². The normalized spacial score (nSPS) is 12.0. The van der Waals surface area contributed by atoms with E-state index in [0.29, 0.717) is 21.5 Å². The molecular weight excluding hydrogens is 440 g/mol. The van der Waals surface area contributed by atoms with Crippen molar-refractivity contribution in [2.75, 3.05) is 24.7 Å². The largest absolute Gasteiger partial charge is 0.493 e. The van der Waals surface area contributed by atoms with Gasteiger partial charge in [0.15, 0.2) is 0 Å². The van der Waals surface area contributed by atoms with Gasteiger partial charge in [0.05, 0.1) is 29.2 Å². The van der Waals surface area contributed by atoms with Crippen LogP contribution in [-0.2, 0) is 20.2 Å². The third-order valence-electron chi connectivity index (χ3n) is 2.89. The van der Waals surface area contributed by atoms with Crippen LogP contribution in [0.4, 0.5) is 0 Å². The highest BCUT2D eigenvalue weighted by Crippen LogP contribution is 2.34. The molecule has 0 atom stereocenters. The van der Waals surface area contributed by atoms with E-state index in [1.165, 1.54) is 6.08 Å². The van der Waals surface area contributed by atoms with Gasteiger partial charge in [-0.2, -0.15) is 16.8 Å². The van der Waals surface area contributed by atoms with Crippen molar-refractivity contribution in [2.24, 2.45) is 0 Å². The average molecular weight is 459 g/mol. The zero-order valence-electron chi connectivity index (χ0n) is 13.2. The third kappa shape index (κ3) is 9.21. The molecule has 0 saturated carbocycles. The summed E-state index contributed by atoms with van der Waals surface area (Å²) in [5.41, 5.74) is 0.597. The molecular formula is C14H19BrO8S2. The van der Waals surface area contributed by atoms with Crippen LogP contribution in [0.5, 0.6) is 11.5 Å². The van der Waals surface area contributed by atoms with Gasteiger partial charge in [-0.3, -0.25) is 9.11 Å². The number of benzene rings is 1. The summed E-state index contributed by atoms with van der Waals surface area (Å²) >= 11 is 3.30. The van der Waals surface area contributed by atoms with Gasteiger partial charge < -0.3 is 9.47 Å². The van der Waals surface area contributed by atoms with E-state index >= 15 is 0 Å². The van der Waals surface area contributed by atoms with Gasteiger partial charge in [0.25, 0.3) is 20.2 Å². The summed E-state index contributed by atoms with van der Waals surface area (Å²) in [6.07, 6.45) is 1.78. The van der Waals surface area contributed by atoms with Crippen molar-refractivity contribution >= 4 is 42.2 Å². The lowest BCUT2D eigenvalue weighted by atomic mass is 10.2. The van der Waals surface area contributed by atoms with Gasteiger partial charge in [-0.05, 0) is 40.9 Å². The molecule has 1 aromatic rings. The Morgan fingerprint density at radius 2 is 1.44 bits per heavy atom. The Kier molecular flexibility index (Phi) is 8.35. The maximum Gasteiger partial charge on any atom is 0.264 e. The second-order valence-corrected chi connectivity index (χ2v) is 9.00. The monoisotopic (exact) mass is 458 g/mol. The molecule has 8 nitrogen and oxygen atoms in total. The zero-order chi connectivity index (χ0) is 19.1. The van der Waals surface area contributed by atoms with Gasteiger partial charge in [0.2, 0.25) is 0 Å². The highest BCUT2D eigenvalue weighted by Gasteiger charge is 2.11. The van der Waals surface area contributed by atoms with E-state index in [1.54, 1.807) is 12.1 Å². The highest BCUT2D eigenvalue weighted by atomic mass is 79.9. The van der Waals surface area contributed by atoms with Gasteiger partial charge in [0, 0.05) is 5.56 Å². The molecule has 0 spiro atoms.